The number of rotatable bonds is 5. The zero-order valence-corrected chi connectivity index (χ0v) is 13.8. The van der Waals surface area contributed by atoms with Gasteiger partial charge in [0.2, 0.25) is 0 Å². The van der Waals surface area contributed by atoms with Gasteiger partial charge >= 0.3 is 5.97 Å². The number of carbonyl (C=O) groups is 2. The molecular formula is C16H12ClN3O3S. The lowest BCUT2D eigenvalue weighted by atomic mass is 10.1. The zero-order chi connectivity index (χ0) is 17.1. The van der Waals surface area contributed by atoms with Crippen LogP contribution in [0, 0.1) is 0 Å². The van der Waals surface area contributed by atoms with Crippen LogP contribution >= 0.6 is 22.9 Å². The summed E-state index contributed by atoms with van der Waals surface area (Å²) in [7, 11) is 0. The van der Waals surface area contributed by atoms with Crippen LogP contribution in [0.4, 0.5) is 0 Å². The Morgan fingerprint density at radius 2 is 2.04 bits per heavy atom. The molecule has 0 spiro atoms. The molecular weight excluding hydrogens is 350 g/mol. The van der Waals surface area contributed by atoms with Crippen molar-refractivity contribution in [2.45, 2.75) is 6.04 Å². The fraction of sp³-hybridized carbons (Fsp3) is 0.0625. The molecule has 3 rings (SSSR count). The third-order valence-corrected chi connectivity index (χ3v) is 4.58. The highest BCUT2D eigenvalue weighted by molar-refractivity contribution is 7.13. The molecule has 1 amide bonds. The van der Waals surface area contributed by atoms with Crippen LogP contribution in [-0.4, -0.2) is 27.2 Å². The highest BCUT2D eigenvalue weighted by Crippen LogP contribution is 2.25. The first-order chi connectivity index (χ1) is 11.6. The highest BCUT2D eigenvalue weighted by atomic mass is 35.5. The van der Waals surface area contributed by atoms with Gasteiger partial charge in [0.05, 0.1) is 10.6 Å². The minimum Gasteiger partial charge on any atom is -0.479 e. The minimum atomic E-state index is -1.26. The molecule has 6 nitrogen and oxygen atoms in total. The zero-order valence-electron chi connectivity index (χ0n) is 12.2. The maximum absolute atomic E-state index is 12.3. The highest BCUT2D eigenvalue weighted by Gasteiger charge is 2.25. The average molecular weight is 362 g/mol. The fourth-order valence-corrected chi connectivity index (χ4v) is 3.12. The van der Waals surface area contributed by atoms with E-state index >= 15 is 0 Å². The molecule has 1 aromatic carbocycles. The lowest BCUT2D eigenvalue weighted by Crippen LogP contribution is -2.34. The van der Waals surface area contributed by atoms with Gasteiger partial charge in [-0.05, 0) is 23.6 Å². The monoisotopic (exact) mass is 361 g/mol. The maximum Gasteiger partial charge on any atom is 0.330 e. The summed E-state index contributed by atoms with van der Waals surface area (Å²) in [5, 5.41) is 20.7. The minimum absolute atomic E-state index is 0.108. The Bertz CT molecular complexity index is 876. The van der Waals surface area contributed by atoms with E-state index in [9.17, 15) is 14.7 Å². The standard InChI is InChI=1S/C16H12ClN3O3S/c17-10-5-2-1-4-9(10)14(16(22)23)18-15(21)12-8-11(19-20-12)13-6-3-7-24-13/h1-8,14H,(H,18,21)(H,19,20)(H,22,23)/t14-/m1/s1. The van der Waals surface area contributed by atoms with Crippen molar-refractivity contribution in [1.29, 1.82) is 0 Å². The SMILES string of the molecule is O=C(N[C@@H](C(=O)O)c1ccccc1Cl)c1cc(-c2cccs2)[nH]n1. The number of aromatic amines is 1. The molecule has 0 aliphatic carbocycles. The van der Waals surface area contributed by atoms with Crippen LogP contribution in [0.1, 0.15) is 22.1 Å². The van der Waals surface area contributed by atoms with E-state index in [-0.39, 0.29) is 10.7 Å². The van der Waals surface area contributed by atoms with Gasteiger partial charge in [-0.2, -0.15) is 5.10 Å². The smallest absolute Gasteiger partial charge is 0.330 e. The second kappa shape index (κ2) is 6.86. The molecule has 0 fully saturated rings. The van der Waals surface area contributed by atoms with E-state index in [0.29, 0.717) is 11.3 Å². The summed E-state index contributed by atoms with van der Waals surface area (Å²) < 4.78 is 0. The van der Waals surface area contributed by atoms with Gasteiger partial charge in [-0.25, -0.2) is 4.79 Å². The van der Waals surface area contributed by atoms with Crippen molar-refractivity contribution >= 4 is 34.8 Å². The van der Waals surface area contributed by atoms with Crippen LogP contribution in [0.25, 0.3) is 10.6 Å². The Kier molecular flexibility index (Phi) is 4.64. The molecule has 122 valence electrons. The number of carboxylic acid groups (broad SMARTS) is 1. The molecule has 24 heavy (non-hydrogen) atoms. The van der Waals surface area contributed by atoms with Crippen molar-refractivity contribution < 1.29 is 14.7 Å². The van der Waals surface area contributed by atoms with E-state index in [1.54, 1.807) is 30.3 Å². The number of carboxylic acids is 1. The average Bonchev–Trinajstić information content (AvgIpc) is 3.23. The topological polar surface area (TPSA) is 95.1 Å². The number of H-pyrrole nitrogens is 1. The number of halogens is 1. The molecule has 0 radical (unpaired) electrons. The molecule has 0 bridgehead atoms. The number of aliphatic carboxylic acids is 1. The van der Waals surface area contributed by atoms with Gasteiger partial charge in [0.25, 0.3) is 5.91 Å². The number of aromatic nitrogens is 2. The molecule has 0 saturated heterocycles. The number of amides is 1. The Hall–Kier alpha value is -2.64. The Morgan fingerprint density at radius 3 is 2.71 bits per heavy atom. The third-order valence-electron chi connectivity index (χ3n) is 3.34. The summed E-state index contributed by atoms with van der Waals surface area (Å²) in [6.07, 6.45) is 0. The van der Waals surface area contributed by atoms with Gasteiger partial charge in [0, 0.05) is 10.6 Å². The fourth-order valence-electron chi connectivity index (χ4n) is 2.18. The van der Waals surface area contributed by atoms with Gasteiger partial charge < -0.3 is 10.4 Å². The first kappa shape index (κ1) is 16.2. The molecule has 2 heterocycles. The van der Waals surface area contributed by atoms with Gasteiger partial charge in [-0.1, -0.05) is 35.9 Å². The molecule has 0 unspecified atom stereocenters. The Morgan fingerprint density at radius 1 is 1.25 bits per heavy atom. The number of hydrogen-bond acceptors (Lipinski definition) is 4. The lowest BCUT2D eigenvalue weighted by molar-refractivity contribution is -0.139. The van der Waals surface area contributed by atoms with Gasteiger partial charge in [0.15, 0.2) is 11.7 Å². The number of hydrogen-bond donors (Lipinski definition) is 3. The van der Waals surface area contributed by atoms with E-state index < -0.39 is 17.9 Å². The molecule has 0 aliphatic rings. The van der Waals surface area contributed by atoms with Gasteiger partial charge in [0.1, 0.15) is 0 Å². The molecule has 3 aromatic rings. The first-order valence-corrected chi connectivity index (χ1v) is 8.19. The molecule has 0 aliphatic heterocycles. The van der Waals surface area contributed by atoms with E-state index in [4.69, 9.17) is 11.6 Å². The lowest BCUT2D eigenvalue weighted by Gasteiger charge is -2.15. The molecule has 3 N–H and O–H groups in total. The number of benzene rings is 1. The van der Waals surface area contributed by atoms with Gasteiger partial charge in [-0.15, -0.1) is 11.3 Å². The number of nitrogens with one attached hydrogen (secondary N) is 2. The predicted octanol–water partition coefficient (Wildman–Crippen LogP) is 3.35. The van der Waals surface area contributed by atoms with Crippen molar-refractivity contribution in [3.63, 3.8) is 0 Å². The normalized spacial score (nSPS) is 11.9. The third kappa shape index (κ3) is 3.32. The molecule has 1 atom stereocenters. The maximum atomic E-state index is 12.3. The van der Waals surface area contributed by atoms with Crippen LogP contribution in [0.3, 0.4) is 0 Å². The van der Waals surface area contributed by atoms with E-state index in [0.717, 1.165) is 4.88 Å². The number of thiophene rings is 1. The van der Waals surface area contributed by atoms with E-state index in [1.807, 2.05) is 17.5 Å². The van der Waals surface area contributed by atoms with E-state index in [2.05, 4.69) is 15.5 Å². The predicted molar refractivity (Wildman–Crippen MR) is 91.2 cm³/mol. The van der Waals surface area contributed by atoms with Crippen LogP contribution in [0.15, 0.2) is 47.8 Å². The second-order valence-corrected chi connectivity index (χ2v) is 6.27. The summed E-state index contributed by atoms with van der Waals surface area (Å²) in [6, 6.07) is 10.6. The van der Waals surface area contributed by atoms with Crippen LogP contribution in [0.2, 0.25) is 5.02 Å². The van der Waals surface area contributed by atoms with Crippen LogP contribution in [0.5, 0.6) is 0 Å². The first-order valence-electron chi connectivity index (χ1n) is 6.93. The van der Waals surface area contributed by atoms with Crippen molar-refractivity contribution in [2.75, 3.05) is 0 Å². The van der Waals surface area contributed by atoms with Crippen molar-refractivity contribution in [3.05, 3.63) is 64.1 Å². The Labute approximate surface area is 146 Å². The van der Waals surface area contributed by atoms with Crippen molar-refractivity contribution in [3.8, 4) is 10.6 Å². The summed E-state index contributed by atoms with van der Waals surface area (Å²) in [5.41, 5.74) is 1.12. The van der Waals surface area contributed by atoms with E-state index in [1.165, 1.54) is 11.3 Å². The summed E-state index contributed by atoms with van der Waals surface area (Å²) in [5.74, 6) is -1.80. The van der Waals surface area contributed by atoms with Crippen molar-refractivity contribution in [1.82, 2.24) is 15.5 Å². The summed E-state index contributed by atoms with van der Waals surface area (Å²) in [4.78, 5) is 24.8. The summed E-state index contributed by atoms with van der Waals surface area (Å²) >= 11 is 7.53. The molecule has 0 saturated carbocycles. The quantitative estimate of drug-likeness (QED) is 0.649. The Balaban J connectivity index is 1.82. The van der Waals surface area contributed by atoms with Crippen LogP contribution in [-0.2, 0) is 4.79 Å². The van der Waals surface area contributed by atoms with Crippen LogP contribution < -0.4 is 5.32 Å². The van der Waals surface area contributed by atoms with Gasteiger partial charge in [-0.3, -0.25) is 9.89 Å². The van der Waals surface area contributed by atoms with Crippen molar-refractivity contribution in [2.24, 2.45) is 0 Å². The largest absolute Gasteiger partial charge is 0.479 e. The second-order valence-electron chi connectivity index (χ2n) is 4.91. The molecule has 2 aromatic heterocycles. The number of nitrogens with zero attached hydrogens (tertiary/aromatic N) is 1. The summed E-state index contributed by atoms with van der Waals surface area (Å²) in [6.45, 7) is 0. The molecule has 8 heteroatoms. The number of carbonyl (C=O) groups excluding carboxylic acids is 1.